The molecule has 1 aromatic rings. The highest BCUT2D eigenvalue weighted by Crippen LogP contribution is 2.25. The molecule has 1 aromatic carbocycles. The van der Waals surface area contributed by atoms with Crippen molar-refractivity contribution < 1.29 is 4.79 Å². The number of carbonyl (C=O) groups is 1. The molecule has 1 N–H and O–H groups in total. The molecule has 3 nitrogen and oxygen atoms in total. The Hall–Kier alpha value is -1.82. The molecule has 0 aliphatic heterocycles. The maximum Gasteiger partial charge on any atom is 0.240 e. The van der Waals surface area contributed by atoms with Crippen LogP contribution < -0.4 is 5.32 Å². The van der Waals surface area contributed by atoms with Gasteiger partial charge in [0.1, 0.15) is 5.41 Å². The molecule has 1 rings (SSSR count). The number of hydrogen-bond acceptors (Lipinski definition) is 2. The van der Waals surface area contributed by atoms with Gasteiger partial charge < -0.3 is 5.32 Å². The summed E-state index contributed by atoms with van der Waals surface area (Å²) >= 11 is 0. The molecule has 0 unspecified atom stereocenters. The van der Waals surface area contributed by atoms with Crippen LogP contribution in [0.2, 0.25) is 0 Å². The predicted molar refractivity (Wildman–Crippen MR) is 71.7 cm³/mol. The van der Waals surface area contributed by atoms with E-state index in [1.807, 2.05) is 45.0 Å². The molecule has 0 aliphatic carbocycles. The number of amides is 1. The van der Waals surface area contributed by atoms with Gasteiger partial charge in [0, 0.05) is 6.54 Å². The van der Waals surface area contributed by atoms with Crippen LogP contribution in [-0.2, 0) is 11.3 Å². The van der Waals surface area contributed by atoms with Gasteiger partial charge in [0.05, 0.1) is 6.07 Å². The first-order valence-corrected chi connectivity index (χ1v) is 6.33. The van der Waals surface area contributed by atoms with E-state index in [1.54, 1.807) is 0 Å². The molecule has 0 heterocycles. The fourth-order valence-electron chi connectivity index (χ4n) is 1.95. The second-order valence-corrected chi connectivity index (χ2v) is 4.57. The molecule has 0 fully saturated rings. The van der Waals surface area contributed by atoms with Crippen LogP contribution in [0.3, 0.4) is 0 Å². The van der Waals surface area contributed by atoms with Crippen LogP contribution in [-0.4, -0.2) is 5.91 Å². The zero-order valence-electron chi connectivity index (χ0n) is 11.3. The SMILES string of the molecule is CCC(C#N)(CC)C(=O)NCc1cccc(C)c1. The summed E-state index contributed by atoms with van der Waals surface area (Å²) in [5.74, 6) is -0.170. The number of nitriles is 1. The zero-order chi connectivity index (χ0) is 13.6. The molecule has 0 aromatic heterocycles. The van der Waals surface area contributed by atoms with Crippen LogP contribution >= 0.6 is 0 Å². The van der Waals surface area contributed by atoms with Crippen LogP contribution in [0.5, 0.6) is 0 Å². The normalized spacial score (nSPS) is 10.8. The van der Waals surface area contributed by atoms with E-state index in [4.69, 9.17) is 0 Å². The first-order chi connectivity index (χ1) is 8.57. The van der Waals surface area contributed by atoms with E-state index in [2.05, 4.69) is 11.4 Å². The summed E-state index contributed by atoms with van der Waals surface area (Å²) in [6.45, 7) is 6.24. The topological polar surface area (TPSA) is 52.9 Å². The van der Waals surface area contributed by atoms with Gasteiger partial charge in [0.2, 0.25) is 5.91 Å². The lowest BCUT2D eigenvalue weighted by molar-refractivity contribution is -0.128. The van der Waals surface area contributed by atoms with Crippen molar-refractivity contribution in [2.75, 3.05) is 0 Å². The maximum absolute atomic E-state index is 12.1. The predicted octanol–water partition coefficient (Wildman–Crippen LogP) is 2.94. The van der Waals surface area contributed by atoms with Gasteiger partial charge >= 0.3 is 0 Å². The van der Waals surface area contributed by atoms with Gasteiger partial charge in [0.25, 0.3) is 0 Å². The Labute approximate surface area is 109 Å². The molecule has 0 saturated carbocycles. The summed E-state index contributed by atoms with van der Waals surface area (Å²) in [5, 5.41) is 12.0. The van der Waals surface area contributed by atoms with Crippen molar-refractivity contribution in [3.05, 3.63) is 35.4 Å². The van der Waals surface area contributed by atoms with Crippen LogP contribution in [0.25, 0.3) is 0 Å². The highest BCUT2D eigenvalue weighted by atomic mass is 16.2. The van der Waals surface area contributed by atoms with E-state index in [0.717, 1.165) is 5.56 Å². The first-order valence-electron chi connectivity index (χ1n) is 6.33. The molecule has 0 radical (unpaired) electrons. The average molecular weight is 244 g/mol. The van der Waals surface area contributed by atoms with Gasteiger partial charge in [-0.1, -0.05) is 43.7 Å². The Bertz CT molecular complexity index is 456. The van der Waals surface area contributed by atoms with Gasteiger partial charge in [-0.3, -0.25) is 4.79 Å². The zero-order valence-corrected chi connectivity index (χ0v) is 11.3. The molecule has 0 aliphatic rings. The number of hydrogen-bond donors (Lipinski definition) is 1. The quantitative estimate of drug-likeness (QED) is 0.865. The largest absolute Gasteiger partial charge is 0.351 e. The lowest BCUT2D eigenvalue weighted by Crippen LogP contribution is -2.39. The minimum Gasteiger partial charge on any atom is -0.351 e. The summed E-state index contributed by atoms with van der Waals surface area (Å²) in [5.41, 5.74) is 1.34. The van der Waals surface area contributed by atoms with Gasteiger partial charge in [-0.05, 0) is 25.3 Å². The highest BCUT2D eigenvalue weighted by molar-refractivity contribution is 5.85. The maximum atomic E-state index is 12.1. The van der Waals surface area contributed by atoms with E-state index in [9.17, 15) is 10.1 Å². The molecular formula is C15H20N2O. The monoisotopic (exact) mass is 244 g/mol. The van der Waals surface area contributed by atoms with Crippen molar-refractivity contribution in [3.8, 4) is 6.07 Å². The third kappa shape index (κ3) is 3.10. The number of nitrogens with one attached hydrogen (secondary N) is 1. The minimum absolute atomic E-state index is 0.170. The van der Waals surface area contributed by atoms with E-state index in [-0.39, 0.29) is 5.91 Å². The molecule has 0 saturated heterocycles. The van der Waals surface area contributed by atoms with E-state index >= 15 is 0 Å². The van der Waals surface area contributed by atoms with Crippen LogP contribution in [0.1, 0.15) is 37.8 Å². The van der Waals surface area contributed by atoms with Crippen LogP contribution in [0.15, 0.2) is 24.3 Å². The van der Waals surface area contributed by atoms with Gasteiger partial charge in [0.15, 0.2) is 0 Å². The van der Waals surface area contributed by atoms with E-state index in [0.29, 0.717) is 19.4 Å². The van der Waals surface area contributed by atoms with Crippen molar-refractivity contribution >= 4 is 5.91 Å². The van der Waals surface area contributed by atoms with Crippen LogP contribution in [0.4, 0.5) is 0 Å². The number of benzene rings is 1. The molecule has 0 spiro atoms. The lowest BCUT2D eigenvalue weighted by atomic mass is 9.83. The Morgan fingerprint density at radius 2 is 2.06 bits per heavy atom. The summed E-state index contributed by atoms with van der Waals surface area (Å²) in [7, 11) is 0. The number of rotatable bonds is 5. The third-order valence-electron chi connectivity index (χ3n) is 3.39. The summed E-state index contributed by atoms with van der Waals surface area (Å²) in [6.07, 6.45) is 1.08. The third-order valence-corrected chi connectivity index (χ3v) is 3.39. The molecule has 0 bridgehead atoms. The second kappa shape index (κ2) is 6.20. The minimum atomic E-state index is -0.885. The Balaban J connectivity index is 2.69. The molecule has 96 valence electrons. The van der Waals surface area contributed by atoms with E-state index < -0.39 is 5.41 Å². The molecule has 0 atom stereocenters. The first kappa shape index (κ1) is 14.2. The number of nitrogens with zero attached hydrogens (tertiary/aromatic N) is 1. The molecule has 18 heavy (non-hydrogen) atoms. The van der Waals surface area contributed by atoms with Crippen molar-refractivity contribution in [1.82, 2.24) is 5.32 Å². The summed E-state index contributed by atoms with van der Waals surface area (Å²) < 4.78 is 0. The Morgan fingerprint density at radius 1 is 1.39 bits per heavy atom. The Morgan fingerprint density at radius 3 is 2.56 bits per heavy atom. The number of carbonyl (C=O) groups excluding carboxylic acids is 1. The van der Waals surface area contributed by atoms with Gasteiger partial charge in [-0.15, -0.1) is 0 Å². The van der Waals surface area contributed by atoms with Gasteiger partial charge in [-0.2, -0.15) is 5.26 Å². The fourth-order valence-corrected chi connectivity index (χ4v) is 1.95. The lowest BCUT2D eigenvalue weighted by Gasteiger charge is -2.22. The van der Waals surface area contributed by atoms with Crippen molar-refractivity contribution in [2.45, 2.75) is 40.2 Å². The summed E-state index contributed by atoms with van der Waals surface area (Å²) in [4.78, 5) is 12.1. The summed E-state index contributed by atoms with van der Waals surface area (Å²) in [6, 6.07) is 10.1. The van der Waals surface area contributed by atoms with Crippen molar-refractivity contribution in [1.29, 1.82) is 5.26 Å². The van der Waals surface area contributed by atoms with Crippen molar-refractivity contribution in [2.24, 2.45) is 5.41 Å². The molecule has 3 heteroatoms. The highest BCUT2D eigenvalue weighted by Gasteiger charge is 2.34. The van der Waals surface area contributed by atoms with Crippen molar-refractivity contribution in [3.63, 3.8) is 0 Å². The average Bonchev–Trinajstić information content (AvgIpc) is 2.39. The smallest absolute Gasteiger partial charge is 0.240 e. The van der Waals surface area contributed by atoms with E-state index in [1.165, 1.54) is 5.56 Å². The standard InChI is InChI=1S/C15H20N2O/c1-4-15(5-2,11-16)14(18)17-10-13-8-6-7-12(3)9-13/h6-9H,4-5,10H2,1-3H3,(H,17,18). The molecular weight excluding hydrogens is 224 g/mol. The van der Waals surface area contributed by atoms with Gasteiger partial charge in [-0.25, -0.2) is 0 Å². The fraction of sp³-hybridized carbons (Fsp3) is 0.467. The second-order valence-electron chi connectivity index (χ2n) is 4.57. The Kier molecular flexibility index (Phi) is 4.91. The number of aryl methyl sites for hydroxylation is 1. The van der Waals surface area contributed by atoms with Crippen LogP contribution in [0, 0.1) is 23.7 Å². The molecule has 1 amide bonds.